The molecule has 1 aliphatic heterocycles. The number of carbonyl (C=O) groups is 2. The number of piperidine rings is 1. The van der Waals surface area contributed by atoms with E-state index in [-0.39, 0.29) is 11.8 Å². The van der Waals surface area contributed by atoms with Crippen LogP contribution in [0.2, 0.25) is 0 Å². The van der Waals surface area contributed by atoms with Crippen molar-refractivity contribution in [1.82, 2.24) is 16.0 Å². The molecule has 6 heteroatoms. The summed E-state index contributed by atoms with van der Waals surface area (Å²) in [4.78, 5) is 23.3. The first-order valence-corrected chi connectivity index (χ1v) is 8.48. The van der Waals surface area contributed by atoms with Gasteiger partial charge in [-0.2, -0.15) is 11.3 Å². The number of hydrogen-bond acceptors (Lipinski definition) is 4. The minimum atomic E-state index is -0.114. The number of amides is 2. The quantitative estimate of drug-likeness (QED) is 0.712. The van der Waals surface area contributed by atoms with Crippen molar-refractivity contribution in [3.8, 4) is 0 Å². The third kappa shape index (κ3) is 5.85. The van der Waals surface area contributed by atoms with Crippen LogP contribution in [-0.4, -0.2) is 38.0 Å². The molecule has 2 amide bonds. The number of hydrogen-bond donors (Lipinski definition) is 3. The standard InChI is InChI=1S/C15H23N3O2S/c19-14(17-7-3-12-2-1-6-16-10-12)4-8-18-15(20)13-5-9-21-11-13/h5,9,11-12,16H,1-4,6-8,10H2,(H,17,19)(H,18,20). The average molecular weight is 309 g/mol. The first-order chi connectivity index (χ1) is 10.3. The fraction of sp³-hybridized carbons (Fsp3) is 0.600. The molecule has 0 bridgehead atoms. The van der Waals surface area contributed by atoms with Crippen LogP contribution in [-0.2, 0) is 4.79 Å². The van der Waals surface area contributed by atoms with Gasteiger partial charge in [-0.05, 0) is 49.7 Å². The molecule has 1 atom stereocenters. The van der Waals surface area contributed by atoms with Crippen molar-refractivity contribution in [3.05, 3.63) is 22.4 Å². The number of rotatable bonds is 7. The van der Waals surface area contributed by atoms with Gasteiger partial charge in [-0.1, -0.05) is 0 Å². The second-order valence-corrected chi connectivity index (χ2v) is 6.15. The Morgan fingerprint density at radius 2 is 2.24 bits per heavy atom. The molecule has 0 aliphatic carbocycles. The lowest BCUT2D eigenvalue weighted by Gasteiger charge is -2.22. The maximum absolute atomic E-state index is 11.7. The molecule has 0 radical (unpaired) electrons. The predicted octanol–water partition coefficient (Wildman–Crippen LogP) is 1.37. The average Bonchev–Trinajstić information content (AvgIpc) is 3.02. The minimum absolute atomic E-state index is 0.00406. The molecule has 2 rings (SSSR count). The largest absolute Gasteiger partial charge is 0.356 e. The van der Waals surface area contributed by atoms with E-state index in [4.69, 9.17) is 0 Å². The first kappa shape index (κ1) is 16.0. The lowest BCUT2D eigenvalue weighted by molar-refractivity contribution is -0.121. The molecule has 2 heterocycles. The van der Waals surface area contributed by atoms with E-state index in [9.17, 15) is 9.59 Å². The summed E-state index contributed by atoms with van der Waals surface area (Å²) in [5.74, 6) is 0.569. The van der Waals surface area contributed by atoms with E-state index < -0.39 is 0 Å². The molecule has 1 aromatic heterocycles. The van der Waals surface area contributed by atoms with Gasteiger partial charge in [-0.25, -0.2) is 0 Å². The van der Waals surface area contributed by atoms with Gasteiger partial charge in [0.2, 0.25) is 5.91 Å². The van der Waals surface area contributed by atoms with E-state index >= 15 is 0 Å². The lowest BCUT2D eigenvalue weighted by Crippen LogP contribution is -2.34. The summed E-state index contributed by atoms with van der Waals surface area (Å²) in [7, 11) is 0. The highest BCUT2D eigenvalue weighted by Gasteiger charge is 2.13. The summed E-state index contributed by atoms with van der Waals surface area (Å²) in [6.45, 7) is 3.29. The van der Waals surface area contributed by atoms with Gasteiger partial charge in [-0.3, -0.25) is 9.59 Å². The van der Waals surface area contributed by atoms with Crippen LogP contribution in [0.1, 0.15) is 36.0 Å². The Morgan fingerprint density at radius 1 is 1.33 bits per heavy atom. The molecule has 5 nitrogen and oxygen atoms in total. The summed E-state index contributed by atoms with van der Waals surface area (Å²) < 4.78 is 0. The molecule has 1 unspecified atom stereocenters. The molecule has 1 aromatic rings. The Bertz CT molecular complexity index is 442. The normalized spacial score (nSPS) is 18.2. The summed E-state index contributed by atoms with van der Waals surface area (Å²) in [6.07, 6.45) is 3.84. The highest BCUT2D eigenvalue weighted by molar-refractivity contribution is 7.08. The van der Waals surface area contributed by atoms with Crippen molar-refractivity contribution in [2.24, 2.45) is 5.92 Å². The topological polar surface area (TPSA) is 70.2 Å². The highest BCUT2D eigenvalue weighted by Crippen LogP contribution is 2.12. The third-order valence-corrected chi connectivity index (χ3v) is 4.38. The van der Waals surface area contributed by atoms with Gasteiger partial charge >= 0.3 is 0 Å². The van der Waals surface area contributed by atoms with E-state index in [1.807, 2.05) is 5.38 Å². The monoisotopic (exact) mass is 309 g/mol. The van der Waals surface area contributed by atoms with E-state index in [0.29, 0.717) is 24.4 Å². The second kappa shape index (κ2) is 8.79. The molecular weight excluding hydrogens is 286 g/mol. The Labute approximate surface area is 129 Å². The molecule has 0 spiro atoms. The number of nitrogens with one attached hydrogen (secondary N) is 3. The zero-order chi connectivity index (χ0) is 14.9. The summed E-state index contributed by atoms with van der Waals surface area (Å²) in [6, 6.07) is 1.78. The summed E-state index contributed by atoms with van der Waals surface area (Å²) in [5.41, 5.74) is 0.658. The maximum atomic E-state index is 11.7. The molecule has 3 N–H and O–H groups in total. The Kier molecular flexibility index (Phi) is 6.69. The zero-order valence-corrected chi connectivity index (χ0v) is 13.0. The molecule has 0 saturated carbocycles. The first-order valence-electron chi connectivity index (χ1n) is 7.53. The summed E-state index contributed by atoms with van der Waals surface area (Å²) >= 11 is 1.49. The highest BCUT2D eigenvalue weighted by atomic mass is 32.1. The van der Waals surface area contributed by atoms with Crippen molar-refractivity contribution >= 4 is 23.2 Å². The van der Waals surface area contributed by atoms with E-state index in [2.05, 4.69) is 16.0 Å². The van der Waals surface area contributed by atoms with Crippen molar-refractivity contribution in [3.63, 3.8) is 0 Å². The van der Waals surface area contributed by atoms with Gasteiger partial charge in [0.05, 0.1) is 0 Å². The smallest absolute Gasteiger partial charge is 0.252 e. The second-order valence-electron chi connectivity index (χ2n) is 5.37. The molecular formula is C15H23N3O2S. The molecule has 1 saturated heterocycles. The SMILES string of the molecule is O=C(CCNC(=O)c1ccsc1)NCCC1CCCNC1. The van der Waals surface area contributed by atoms with Crippen molar-refractivity contribution in [2.75, 3.05) is 26.2 Å². The van der Waals surface area contributed by atoms with Crippen LogP contribution in [0.15, 0.2) is 16.8 Å². The fourth-order valence-corrected chi connectivity index (χ4v) is 3.10. The fourth-order valence-electron chi connectivity index (χ4n) is 2.46. The van der Waals surface area contributed by atoms with Gasteiger partial charge in [0, 0.05) is 30.5 Å². The van der Waals surface area contributed by atoms with E-state index in [1.165, 1.54) is 24.2 Å². The van der Waals surface area contributed by atoms with Crippen molar-refractivity contribution < 1.29 is 9.59 Å². The molecule has 116 valence electrons. The Balaban J connectivity index is 1.52. The van der Waals surface area contributed by atoms with Crippen LogP contribution in [0.5, 0.6) is 0 Å². The Hall–Kier alpha value is -1.40. The molecule has 1 fully saturated rings. The van der Waals surface area contributed by atoms with Crippen LogP contribution in [0, 0.1) is 5.92 Å². The van der Waals surface area contributed by atoms with Crippen LogP contribution in [0.3, 0.4) is 0 Å². The lowest BCUT2D eigenvalue weighted by atomic mass is 9.96. The van der Waals surface area contributed by atoms with Gasteiger partial charge in [0.15, 0.2) is 0 Å². The summed E-state index contributed by atoms with van der Waals surface area (Å²) in [5, 5.41) is 12.7. The van der Waals surface area contributed by atoms with Crippen LogP contribution < -0.4 is 16.0 Å². The third-order valence-electron chi connectivity index (χ3n) is 3.69. The molecule has 0 aromatic carbocycles. The van der Waals surface area contributed by atoms with Gasteiger partial charge in [0.25, 0.3) is 5.91 Å². The van der Waals surface area contributed by atoms with Crippen LogP contribution in [0.25, 0.3) is 0 Å². The predicted molar refractivity (Wildman–Crippen MR) is 84.5 cm³/mol. The Morgan fingerprint density at radius 3 is 2.95 bits per heavy atom. The number of thiophene rings is 1. The van der Waals surface area contributed by atoms with E-state index in [0.717, 1.165) is 26.1 Å². The number of carbonyl (C=O) groups excluding carboxylic acids is 2. The van der Waals surface area contributed by atoms with Crippen LogP contribution >= 0.6 is 11.3 Å². The van der Waals surface area contributed by atoms with Crippen molar-refractivity contribution in [2.45, 2.75) is 25.7 Å². The van der Waals surface area contributed by atoms with Gasteiger partial charge < -0.3 is 16.0 Å². The zero-order valence-electron chi connectivity index (χ0n) is 12.2. The maximum Gasteiger partial charge on any atom is 0.252 e. The molecule has 1 aliphatic rings. The van der Waals surface area contributed by atoms with Crippen molar-refractivity contribution in [1.29, 1.82) is 0 Å². The molecule has 21 heavy (non-hydrogen) atoms. The van der Waals surface area contributed by atoms with Crippen LogP contribution in [0.4, 0.5) is 0 Å². The van der Waals surface area contributed by atoms with Gasteiger partial charge in [0.1, 0.15) is 0 Å². The minimum Gasteiger partial charge on any atom is -0.356 e. The van der Waals surface area contributed by atoms with Gasteiger partial charge in [-0.15, -0.1) is 0 Å². The van der Waals surface area contributed by atoms with E-state index in [1.54, 1.807) is 11.4 Å².